The number of carbonyl (C=O) groups excluding carboxylic acids is 1. The maximum absolute atomic E-state index is 14.3. The fraction of sp³-hybridized carbons (Fsp3) is 0.417. The van der Waals surface area contributed by atoms with E-state index in [1.165, 1.54) is 6.92 Å². The molecule has 2 rings (SSSR count). The standard InChI is InChI=1S/C12H12AsF3N3O2/c1-12(4-21-7(10(15)16)9(13)19-12)8-6(14)5(11(17)20)2-3-18-8/h2,7,10H,4,13H2,1H3,(H2,17,20). The summed E-state index contributed by atoms with van der Waals surface area (Å²) < 4.78 is 44.9. The number of nitrogens with zero attached hydrogens (tertiary/aromatic N) is 2. The molecule has 0 aromatic carbocycles. The van der Waals surface area contributed by atoms with Crippen LogP contribution in [0.2, 0.25) is 0 Å². The molecule has 5 nitrogen and oxygen atoms in total. The van der Waals surface area contributed by atoms with E-state index < -0.39 is 29.8 Å². The van der Waals surface area contributed by atoms with Gasteiger partial charge >= 0.3 is 127 Å². The van der Waals surface area contributed by atoms with Gasteiger partial charge in [-0.15, -0.1) is 0 Å². The molecule has 0 spiro atoms. The van der Waals surface area contributed by atoms with Crippen molar-refractivity contribution in [1.82, 2.24) is 4.98 Å². The molecule has 1 aromatic rings. The van der Waals surface area contributed by atoms with Crippen LogP contribution in [-0.4, -0.2) is 51.4 Å². The quantitative estimate of drug-likeness (QED) is 0.771. The molecule has 2 N–H and O–H groups in total. The Morgan fingerprint density at radius 2 is 2.33 bits per heavy atom. The number of alkyl halides is 2. The zero-order chi connectivity index (χ0) is 15.8. The third-order valence-electron chi connectivity index (χ3n) is 3.05. The van der Waals surface area contributed by atoms with Crippen molar-refractivity contribution in [3.05, 3.63) is 29.3 Å². The zero-order valence-corrected chi connectivity index (χ0v) is 13.4. The number of carbonyl (C=O) groups is 1. The van der Waals surface area contributed by atoms with Crippen molar-refractivity contribution in [1.29, 1.82) is 0 Å². The van der Waals surface area contributed by atoms with Crippen LogP contribution < -0.4 is 5.73 Å². The van der Waals surface area contributed by atoms with E-state index in [4.69, 9.17) is 10.5 Å². The predicted octanol–water partition coefficient (Wildman–Crippen LogP) is 0.0305. The van der Waals surface area contributed by atoms with Gasteiger partial charge in [0.15, 0.2) is 0 Å². The monoisotopic (exact) mass is 362 g/mol. The Balaban J connectivity index is 2.47. The zero-order valence-electron chi connectivity index (χ0n) is 10.9. The first-order valence-electron chi connectivity index (χ1n) is 5.88. The van der Waals surface area contributed by atoms with E-state index in [9.17, 15) is 18.0 Å². The van der Waals surface area contributed by atoms with Crippen molar-refractivity contribution in [2.45, 2.75) is 25.0 Å². The molecule has 1 radical (unpaired) electrons. The van der Waals surface area contributed by atoms with Crippen LogP contribution in [0, 0.1) is 12.0 Å². The first kappa shape index (κ1) is 16.0. The van der Waals surface area contributed by atoms with Crippen molar-refractivity contribution in [3.63, 3.8) is 0 Å². The van der Waals surface area contributed by atoms with Crippen molar-refractivity contribution in [2.24, 2.45) is 10.7 Å². The Morgan fingerprint density at radius 3 is 2.86 bits per heavy atom. The topological polar surface area (TPSA) is 77.6 Å². The number of ether oxygens (including phenoxy) is 1. The average Bonchev–Trinajstić information content (AvgIpc) is 2.37. The normalized spacial score (nSPS) is 25.8. The second-order valence-electron chi connectivity index (χ2n) is 4.70. The van der Waals surface area contributed by atoms with Gasteiger partial charge in [-0.2, -0.15) is 0 Å². The number of aliphatic imine (C=N–C) groups is 1. The molecule has 1 aliphatic rings. The SMILES string of the molecule is CC1(c2n[c]cc(C(N)=O)c2F)COC(C(F)F)C([AsH2])=N1. The third-order valence-corrected chi connectivity index (χ3v) is 4.01. The van der Waals surface area contributed by atoms with Gasteiger partial charge < -0.3 is 0 Å². The van der Waals surface area contributed by atoms with E-state index in [-0.39, 0.29) is 22.4 Å². The first-order chi connectivity index (χ1) is 9.76. The molecule has 0 bridgehead atoms. The number of pyridine rings is 1. The Kier molecular flexibility index (Phi) is 4.39. The van der Waals surface area contributed by atoms with Gasteiger partial charge in [0.05, 0.1) is 0 Å². The van der Waals surface area contributed by atoms with Crippen molar-refractivity contribution in [2.75, 3.05) is 6.61 Å². The average molecular weight is 362 g/mol. The van der Waals surface area contributed by atoms with Crippen LogP contribution in [0.15, 0.2) is 11.1 Å². The first-order valence-corrected chi connectivity index (χ1v) is 7.09. The van der Waals surface area contributed by atoms with E-state index in [2.05, 4.69) is 16.2 Å². The Morgan fingerprint density at radius 1 is 1.67 bits per heavy atom. The molecule has 1 aliphatic heterocycles. The van der Waals surface area contributed by atoms with Crippen LogP contribution in [0.5, 0.6) is 0 Å². The summed E-state index contributed by atoms with van der Waals surface area (Å²) in [6.45, 7) is 1.20. The van der Waals surface area contributed by atoms with E-state index in [1.54, 1.807) is 0 Å². The minimum absolute atomic E-state index is 0.0944. The molecule has 9 heteroatoms. The number of rotatable bonds is 3. The summed E-state index contributed by atoms with van der Waals surface area (Å²) in [7, 11) is 0. The fourth-order valence-corrected chi connectivity index (χ4v) is 3.08. The molecular formula is C12H12AsF3N3O2. The molecule has 21 heavy (non-hydrogen) atoms. The molecule has 0 saturated carbocycles. The number of primary amides is 1. The summed E-state index contributed by atoms with van der Waals surface area (Å²) >= 11 is 0.861. The minimum atomic E-state index is -2.71. The van der Waals surface area contributed by atoms with Gasteiger partial charge in [-0.25, -0.2) is 0 Å². The van der Waals surface area contributed by atoms with Crippen LogP contribution >= 0.6 is 0 Å². The van der Waals surface area contributed by atoms with E-state index in [0.29, 0.717) is 0 Å². The molecule has 1 aromatic heterocycles. The number of amides is 1. The number of aromatic nitrogens is 1. The van der Waals surface area contributed by atoms with E-state index >= 15 is 0 Å². The van der Waals surface area contributed by atoms with Gasteiger partial charge in [-0.1, -0.05) is 0 Å². The molecule has 0 aliphatic carbocycles. The van der Waals surface area contributed by atoms with Gasteiger partial charge in [0, 0.05) is 0 Å². The molecule has 0 fully saturated rings. The van der Waals surface area contributed by atoms with Crippen LogP contribution in [0.1, 0.15) is 23.0 Å². The molecule has 113 valence electrons. The molecule has 1 amide bonds. The molecule has 0 saturated heterocycles. The summed E-state index contributed by atoms with van der Waals surface area (Å²) in [5.41, 5.74) is 3.17. The number of hydrogen-bond acceptors (Lipinski definition) is 4. The van der Waals surface area contributed by atoms with E-state index in [0.717, 1.165) is 22.9 Å². The number of nitrogens with two attached hydrogens (primary N) is 1. The van der Waals surface area contributed by atoms with Gasteiger partial charge in [-0.05, 0) is 0 Å². The maximum atomic E-state index is 14.3. The van der Waals surface area contributed by atoms with E-state index in [1.807, 2.05) is 0 Å². The summed E-state index contributed by atoms with van der Waals surface area (Å²) in [5, 5.41) is 0. The second kappa shape index (κ2) is 5.77. The van der Waals surface area contributed by atoms with Crippen molar-refractivity contribution < 1.29 is 22.7 Å². The summed E-state index contributed by atoms with van der Waals surface area (Å²) in [5.74, 6) is -1.91. The van der Waals surface area contributed by atoms with Gasteiger partial charge in [-0.3, -0.25) is 0 Å². The van der Waals surface area contributed by atoms with Crippen LogP contribution in [-0.2, 0) is 10.3 Å². The van der Waals surface area contributed by atoms with Crippen LogP contribution in [0.3, 0.4) is 0 Å². The molecule has 3 atom stereocenters. The fourth-order valence-electron chi connectivity index (χ4n) is 1.98. The van der Waals surface area contributed by atoms with Crippen molar-refractivity contribution >= 4 is 27.3 Å². The third kappa shape index (κ3) is 2.96. The Hall–Kier alpha value is -1.40. The summed E-state index contributed by atoms with van der Waals surface area (Å²) in [6, 6.07) is 1.02. The van der Waals surface area contributed by atoms with Gasteiger partial charge in [0.25, 0.3) is 0 Å². The summed E-state index contributed by atoms with van der Waals surface area (Å²) in [4.78, 5) is 19.0. The Bertz CT molecular complexity index is 611. The molecule has 3 unspecified atom stereocenters. The number of hydrogen-bond donors (Lipinski definition) is 1. The second-order valence-corrected chi connectivity index (χ2v) is 5.94. The molecule has 2 heterocycles. The van der Waals surface area contributed by atoms with Crippen molar-refractivity contribution in [3.8, 4) is 0 Å². The van der Waals surface area contributed by atoms with Crippen LogP contribution in [0.4, 0.5) is 13.2 Å². The van der Waals surface area contributed by atoms with Gasteiger partial charge in [0.2, 0.25) is 0 Å². The summed E-state index contributed by atoms with van der Waals surface area (Å²) in [6.07, 6.45) is -1.74. The Labute approximate surface area is 127 Å². The van der Waals surface area contributed by atoms with Crippen LogP contribution in [0.25, 0.3) is 0 Å². The molecular weight excluding hydrogens is 350 g/mol. The number of halogens is 3. The van der Waals surface area contributed by atoms with Gasteiger partial charge in [0.1, 0.15) is 0 Å². The predicted molar refractivity (Wildman–Crippen MR) is 70.6 cm³/mol.